The second-order valence-electron chi connectivity index (χ2n) is 5.69. The highest BCUT2D eigenvalue weighted by Crippen LogP contribution is 2.22. The Hall–Kier alpha value is -2.92. The van der Waals surface area contributed by atoms with E-state index in [0.29, 0.717) is 10.8 Å². The van der Waals surface area contributed by atoms with Gasteiger partial charge in [-0.3, -0.25) is 4.79 Å². The van der Waals surface area contributed by atoms with Crippen LogP contribution in [0.2, 0.25) is 5.02 Å². The number of anilines is 3. The topological polar surface area (TPSA) is 66.9 Å². The molecule has 0 saturated heterocycles. The molecule has 0 fully saturated rings. The molecule has 0 aliphatic rings. The Kier molecular flexibility index (Phi) is 4.95. The summed E-state index contributed by atoms with van der Waals surface area (Å²) >= 11 is 5.95. The smallest absolute Gasteiger partial charge is 0.275 e. The van der Waals surface area contributed by atoms with E-state index < -0.39 is 0 Å². The number of carbonyl (C=O) groups is 1. The normalized spacial score (nSPS) is 10.4. The van der Waals surface area contributed by atoms with Crippen LogP contribution in [0, 0.1) is 13.8 Å². The molecule has 126 valence electrons. The highest BCUT2D eigenvalue weighted by molar-refractivity contribution is 6.30. The van der Waals surface area contributed by atoms with Gasteiger partial charge in [-0.15, -0.1) is 0 Å². The third kappa shape index (κ3) is 4.33. The fourth-order valence-electron chi connectivity index (χ4n) is 2.33. The number of amides is 1. The van der Waals surface area contributed by atoms with Gasteiger partial charge in [-0.2, -0.15) is 0 Å². The van der Waals surface area contributed by atoms with E-state index in [1.165, 1.54) is 12.4 Å². The summed E-state index contributed by atoms with van der Waals surface area (Å²) in [6.45, 7) is 3.92. The average molecular weight is 353 g/mol. The molecule has 6 heteroatoms. The molecule has 0 atom stereocenters. The minimum Gasteiger partial charge on any atom is -0.339 e. The van der Waals surface area contributed by atoms with Crippen molar-refractivity contribution in [2.75, 3.05) is 10.6 Å². The Morgan fingerprint density at radius 3 is 2.56 bits per heavy atom. The zero-order valence-corrected chi connectivity index (χ0v) is 14.6. The van der Waals surface area contributed by atoms with Crippen molar-refractivity contribution in [3.63, 3.8) is 0 Å². The molecule has 0 unspecified atom stereocenters. The Balaban J connectivity index is 1.70. The summed E-state index contributed by atoms with van der Waals surface area (Å²) in [4.78, 5) is 20.7. The minimum atomic E-state index is -0.299. The standard InChI is InChI=1S/C19H17ClN4O/c1-12-4-3-5-15(8-12)23-19(25)17-10-22-18(11-21-17)24-16-7-6-14(20)9-13(16)2/h3-11H,1-2H3,(H,22,24)(H,23,25). The molecule has 0 saturated carbocycles. The van der Waals surface area contributed by atoms with Crippen LogP contribution in [-0.4, -0.2) is 15.9 Å². The number of rotatable bonds is 4. The van der Waals surface area contributed by atoms with Gasteiger partial charge in [-0.25, -0.2) is 9.97 Å². The van der Waals surface area contributed by atoms with Crippen molar-refractivity contribution < 1.29 is 4.79 Å². The van der Waals surface area contributed by atoms with Crippen molar-refractivity contribution in [2.24, 2.45) is 0 Å². The zero-order chi connectivity index (χ0) is 17.8. The first-order valence-electron chi connectivity index (χ1n) is 7.74. The Bertz CT molecular complexity index is 910. The summed E-state index contributed by atoms with van der Waals surface area (Å²) in [6.07, 6.45) is 2.97. The summed E-state index contributed by atoms with van der Waals surface area (Å²) in [7, 11) is 0. The lowest BCUT2D eigenvalue weighted by molar-refractivity contribution is 0.102. The first-order chi connectivity index (χ1) is 12.0. The molecular weight excluding hydrogens is 336 g/mol. The molecule has 0 radical (unpaired) electrons. The fraction of sp³-hybridized carbons (Fsp3) is 0.105. The Morgan fingerprint density at radius 2 is 1.88 bits per heavy atom. The molecule has 1 amide bonds. The maximum atomic E-state index is 12.2. The van der Waals surface area contributed by atoms with Crippen LogP contribution in [0.5, 0.6) is 0 Å². The predicted octanol–water partition coefficient (Wildman–Crippen LogP) is 4.74. The average Bonchev–Trinajstić information content (AvgIpc) is 2.58. The van der Waals surface area contributed by atoms with E-state index in [1.807, 2.05) is 50.2 Å². The summed E-state index contributed by atoms with van der Waals surface area (Å²) in [5.74, 6) is 0.254. The van der Waals surface area contributed by atoms with E-state index in [0.717, 1.165) is 22.5 Å². The van der Waals surface area contributed by atoms with E-state index in [2.05, 4.69) is 20.6 Å². The van der Waals surface area contributed by atoms with Gasteiger partial charge in [0.25, 0.3) is 5.91 Å². The predicted molar refractivity (Wildman–Crippen MR) is 101 cm³/mol. The third-order valence-electron chi connectivity index (χ3n) is 3.61. The van der Waals surface area contributed by atoms with Crippen molar-refractivity contribution >= 4 is 34.7 Å². The fourth-order valence-corrected chi connectivity index (χ4v) is 2.56. The number of hydrogen-bond donors (Lipinski definition) is 2. The van der Waals surface area contributed by atoms with Crippen LogP contribution >= 0.6 is 11.6 Å². The Labute approximate surface area is 151 Å². The number of carbonyl (C=O) groups excluding carboxylic acids is 1. The highest BCUT2D eigenvalue weighted by atomic mass is 35.5. The number of hydrogen-bond acceptors (Lipinski definition) is 4. The van der Waals surface area contributed by atoms with Crippen LogP contribution in [0.4, 0.5) is 17.2 Å². The van der Waals surface area contributed by atoms with Crippen LogP contribution in [0.3, 0.4) is 0 Å². The monoisotopic (exact) mass is 352 g/mol. The van der Waals surface area contributed by atoms with Crippen LogP contribution in [0.15, 0.2) is 54.9 Å². The van der Waals surface area contributed by atoms with E-state index >= 15 is 0 Å². The number of halogens is 1. The van der Waals surface area contributed by atoms with Gasteiger partial charge < -0.3 is 10.6 Å². The van der Waals surface area contributed by atoms with Crippen LogP contribution in [0.25, 0.3) is 0 Å². The van der Waals surface area contributed by atoms with Crippen molar-refractivity contribution in [1.29, 1.82) is 0 Å². The van der Waals surface area contributed by atoms with Crippen molar-refractivity contribution in [2.45, 2.75) is 13.8 Å². The van der Waals surface area contributed by atoms with Gasteiger partial charge in [0.1, 0.15) is 11.5 Å². The number of aromatic nitrogens is 2. The summed E-state index contributed by atoms with van der Waals surface area (Å²) < 4.78 is 0. The van der Waals surface area contributed by atoms with Gasteiger partial charge in [0.15, 0.2) is 0 Å². The minimum absolute atomic E-state index is 0.250. The molecule has 3 rings (SSSR count). The first-order valence-corrected chi connectivity index (χ1v) is 8.12. The lowest BCUT2D eigenvalue weighted by Gasteiger charge is -2.09. The second-order valence-corrected chi connectivity index (χ2v) is 6.13. The quantitative estimate of drug-likeness (QED) is 0.711. The van der Waals surface area contributed by atoms with Gasteiger partial charge in [0.05, 0.1) is 12.4 Å². The lowest BCUT2D eigenvalue weighted by Crippen LogP contribution is -2.14. The molecule has 3 aromatic rings. The van der Waals surface area contributed by atoms with Crippen LogP contribution in [-0.2, 0) is 0 Å². The molecule has 1 aromatic heterocycles. The lowest BCUT2D eigenvalue weighted by atomic mass is 10.2. The SMILES string of the molecule is Cc1cccc(NC(=O)c2cnc(Nc3ccc(Cl)cc3C)cn2)c1. The van der Waals surface area contributed by atoms with Crippen molar-refractivity contribution in [3.05, 3.63) is 76.7 Å². The second kappa shape index (κ2) is 7.32. The third-order valence-corrected chi connectivity index (χ3v) is 3.85. The number of nitrogens with zero attached hydrogens (tertiary/aromatic N) is 2. The van der Waals surface area contributed by atoms with E-state index in [4.69, 9.17) is 11.6 Å². The molecular formula is C19H17ClN4O. The molecule has 0 spiro atoms. The van der Waals surface area contributed by atoms with Crippen LogP contribution in [0.1, 0.15) is 21.6 Å². The molecule has 0 bridgehead atoms. The maximum absolute atomic E-state index is 12.2. The van der Waals surface area contributed by atoms with Crippen molar-refractivity contribution in [1.82, 2.24) is 9.97 Å². The molecule has 5 nitrogen and oxygen atoms in total. The van der Waals surface area contributed by atoms with Gasteiger partial charge in [0.2, 0.25) is 0 Å². The Morgan fingerprint density at radius 1 is 1.04 bits per heavy atom. The van der Waals surface area contributed by atoms with Gasteiger partial charge >= 0.3 is 0 Å². The first kappa shape index (κ1) is 16.9. The zero-order valence-electron chi connectivity index (χ0n) is 13.9. The molecule has 1 heterocycles. The highest BCUT2D eigenvalue weighted by Gasteiger charge is 2.09. The van der Waals surface area contributed by atoms with Gasteiger partial charge in [-0.05, 0) is 55.3 Å². The van der Waals surface area contributed by atoms with E-state index in [-0.39, 0.29) is 11.6 Å². The maximum Gasteiger partial charge on any atom is 0.275 e. The molecule has 2 aromatic carbocycles. The number of nitrogens with one attached hydrogen (secondary N) is 2. The molecule has 0 aliphatic heterocycles. The summed E-state index contributed by atoms with van der Waals surface area (Å²) in [6, 6.07) is 13.1. The summed E-state index contributed by atoms with van der Waals surface area (Å²) in [5.41, 5.74) is 3.93. The largest absolute Gasteiger partial charge is 0.339 e. The van der Waals surface area contributed by atoms with E-state index in [9.17, 15) is 4.79 Å². The summed E-state index contributed by atoms with van der Waals surface area (Å²) in [5, 5.41) is 6.64. The van der Waals surface area contributed by atoms with Gasteiger partial charge in [0, 0.05) is 16.4 Å². The number of benzene rings is 2. The van der Waals surface area contributed by atoms with Crippen molar-refractivity contribution in [3.8, 4) is 0 Å². The number of aryl methyl sites for hydroxylation is 2. The van der Waals surface area contributed by atoms with Crippen LogP contribution < -0.4 is 10.6 Å². The molecule has 25 heavy (non-hydrogen) atoms. The molecule has 2 N–H and O–H groups in total. The van der Waals surface area contributed by atoms with E-state index in [1.54, 1.807) is 6.07 Å². The van der Waals surface area contributed by atoms with Gasteiger partial charge in [-0.1, -0.05) is 23.7 Å². The molecule has 0 aliphatic carbocycles.